The zero-order valence-corrected chi connectivity index (χ0v) is 12.0. The smallest absolute Gasteiger partial charge is 0.237 e. The second kappa shape index (κ2) is 6.12. The van der Waals surface area contributed by atoms with Crippen molar-refractivity contribution < 1.29 is 4.79 Å². The Morgan fingerprint density at radius 3 is 2.89 bits per heavy atom. The van der Waals surface area contributed by atoms with E-state index in [0.717, 1.165) is 21.6 Å². The van der Waals surface area contributed by atoms with Gasteiger partial charge in [-0.3, -0.25) is 4.79 Å². The van der Waals surface area contributed by atoms with Crippen LogP contribution in [0.3, 0.4) is 0 Å². The lowest BCUT2D eigenvalue weighted by molar-refractivity contribution is -0.123. The average Bonchev–Trinajstić information content (AvgIpc) is 2.85. The molecule has 4 nitrogen and oxygen atoms in total. The van der Waals surface area contributed by atoms with Gasteiger partial charge in [-0.25, -0.2) is 4.98 Å². The van der Waals surface area contributed by atoms with Gasteiger partial charge in [0.25, 0.3) is 0 Å². The number of hydrogen-bond acceptors (Lipinski definition) is 4. The third-order valence-electron chi connectivity index (χ3n) is 3.31. The molecule has 0 aliphatic rings. The standard InChI is InChI=1S/C14H19N3OS/c1-3-9(2)13(15)14(18)16-8-12-17-10-6-4-5-7-11(10)19-12/h4-7,9,13H,3,8,15H2,1-2H3,(H,16,18)/t9-,13-/m0/s1. The number of carbonyl (C=O) groups is 1. The first-order chi connectivity index (χ1) is 9.11. The van der Waals surface area contributed by atoms with Gasteiger partial charge in [0.15, 0.2) is 0 Å². The molecule has 1 aromatic heterocycles. The molecule has 0 aliphatic carbocycles. The summed E-state index contributed by atoms with van der Waals surface area (Å²) in [4.78, 5) is 16.3. The van der Waals surface area contributed by atoms with Crippen LogP contribution in [0.1, 0.15) is 25.3 Å². The molecular weight excluding hydrogens is 258 g/mol. The lowest BCUT2D eigenvalue weighted by Gasteiger charge is -2.17. The van der Waals surface area contributed by atoms with E-state index in [4.69, 9.17) is 5.73 Å². The molecule has 2 atom stereocenters. The SMILES string of the molecule is CC[C@H](C)[C@H](N)C(=O)NCc1nc2ccccc2s1. The number of thiazole rings is 1. The topological polar surface area (TPSA) is 68.0 Å². The van der Waals surface area contributed by atoms with Crippen molar-refractivity contribution in [2.75, 3.05) is 0 Å². The van der Waals surface area contributed by atoms with Crippen LogP contribution in [0, 0.1) is 5.92 Å². The number of benzene rings is 1. The molecule has 1 heterocycles. The summed E-state index contributed by atoms with van der Waals surface area (Å²) in [6, 6.07) is 7.51. The van der Waals surface area contributed by atoms with Crippen molar-refractivity contribution in [3.63, 3.8) is 0 Å². The molecular formula is C14H19N3OS. The van der Waals surface area contributed by atoms with Crippen LogP contribution in [0.5, 0.6) is 0 Å². The number of nitrogens with one attached hydrogen (secondary N) is 1. The number of hydrogen-bond donors (Lipinski definition) is 2. The zero-order valence-electron chi connectivity index (χ0n) is 11.2. The molecule has 2 rings (SSSR count). The third-order valence-corrected chi connectivity index (χ3v) is 4.35. The largest absolute Gasteiger partial charge is 0.348 e. The highest BCUT2D eigenvalue weighted by atomic mass is 32.1. The summed E-state index contributed by atoms with van der Waals surface area (Å²) in [5, 5.41) is 3.77. The van der Waals surface area contributed by atoms with E-state index in [1.165, 1.54) is 0 Å². The predicted octanol–water partition coefficient (Wildman–Crippen LogP) is 2.29. The normalized spacial score (nSPS) is 14.3. The molecule has 0 fully saturated rings. The number of fused-ring (bicyclic) bond motifs is 1. The minimum absolute atomic E-state index is 0.103. The van der Waals surface area contributed by atoms with E-state index < -0.39 is 6.04 Å². The van der Waals surface area contributed by atoms with Crippen molar-refractivity contribution in [1.29, 1.82) is 0 Å². The molecule has 2 aromatic rings. The molecule has 0 radical (unpaired) electrons. The Kier molecular flexibility index (Phi) is 4.50. The summed E-state index contributed by atoms with van der Waals surface area (Å²) < 4.78 is 1.14. The van der Waals surface area contributed by atoms with Crippen LogP contribution in [0.25, 0.3) is 10.2 Å². The number of aromatic nitrogens is 1. The minimum Gasteiger partial charge on any atom is -0.348 e. The van der Waals surface area contributed by atoms with Crippen molar-refractivity contribution in [3.8, 4) is 0 Å². The van der Waals surface area contributed by atoms with Gasteiger partial charge in [-0.05, 0) is 18.1 Å². The van der Waals surface area contributed by atoms with Gasteiger partial charge >= 0.3 is 0 Å². The van der Waals surface area contributed by atoms with Gasteiger partial charge in [-0.1, -0.05) is 32.4 Å². The molecule has 0 unspecified atom stereocenters. The van der Waals surface area contributed by atoms with E-state index >= 15 is 0 Å². The summed E-state index contributed by atoms with van der Waals surface area (Å²) in [5.74, 6) is 0.0870. The molecule has 0 saturated heterocycles. The van der Waals surface area contributed by atoms with Crippen LogP contribution in [0.15, 0.2) is 24.3 Å². The van der Waals surface area contributed by atoms with Crippen LogP contribution < -0.4 is 11.1 Å². The van der Waals surface area contributed by atoms with Gasteiger partial charge < -0.3 is 11.1 Å². The lowest BCUT2D eigenvalue weighted by Crippen LogP contribution is -2.44. The number of amides is 1. The van der Waals surface area contributed by atoms with Gasteiger partial charge in [-0.2, -0.15) is 0 Å². The van der Waals surface area contributed by atoms with E-state index in [0.29, 0.717) is 6.54 Å². The quantitative estimate of drug-likeness (QED) is 0.881. The lowest BCUT2D eigenvalue weighted by atomic mass is 9.99. The maximum atomic E-state index is 11.9. The summed E-state index contributed by atoms with van der Waals surface area (Å²) >= 11 is 1.60. The van der Waals surface area contributed by atoms with Gasteiger partial charge in [0.2, 0.25) is 5.91 Å². The summed E-state index contributed by atoms with van der Waals surface area (Å²) in [6.07, 6.45) is 0.899. The monoisotopic (exact) mass is 277 g/mol. The van der Waals surface area contributed by atoms with Crippen molar-refractivity contribution in [1.82, 2.24) is 10.3 Å². The van der Waals surface area contributed by atoms with Gasteiger partial charge in [0.05, 0.1) is 22.8 Å². The Balaban J connectivity index is 1.96. The molecule has 1 aromatic carbocycles. The van der Waals surface area contributed by atoms with E-state index in [1.807, 2.05) is 38.1 Å². The van der Waals surface area contributed by atoms with Crippen LogP contribution in [-0.4, -0.2) is 16.9 Å². The molecule has 19 heavy (non-hydrogen) atoms. The minimum atomic E-state index is -0.445. The van der Waals surface area contributed by atoms with Crippen molar-refractivity contribution in [2.45, 2.75) is 32.9 Å². The fraction of sp³-hybridized carbons (Fsp3) is 0.429. The maximum absolute atomic E-state index is 11.9. The maximum Gasteiger partial charge on any atom is 0.237 e. The number of nitrogens with two attached hydrogens (primary N) is 1. The Labute approximate surface area is 117 Å². The van der Waals surface area contributed by atoms with Crippen molar-refractivity contribution in [3.05, 3.63) is 29.3 Å². The molecule has 102 valence electrons. The number of nitrogens with zero attached hydrogens (tertiary/aromatic N) is 1. The van der Waals surface area contributed by atoms with Crippen LogP contribution in [0.2, 0.25) is 0 Å². The first kappa shape index (κ1) is 14.0. The number of carbonyl (C=O) groups excluding carboxylic acids is 1. The highest BCUT2D eigenvalue weighted by Gasteiger charge is 2.19. The first-order valence-corrected chi connectivity index (χ1v) is 7.31. The summed E-state index contributed by atoms with van der Waals surface area (Å²) in [6.45, 7) is 4.47. The second-order valence-electron chi connectivity index (χ2n) is 4.70. The molecule has 3 N–H and O–H groups in total. The predicted molar refractivity (Wildman–Crippen MR) is 78.9 cm³/mol. The van der Waals surface area contributed by atoms with Crippen molar-refractivity contribution >= 4 is 27.5 Å². The molecule has 0 saturated carbocycles. The van der Waals surface area contributed by atoms with E-state index in [1.54, 1.807) is 11.3 Å². The van der Waals surface area contributed by atoms with Gasteiger partial charge in [-0.15, -0.1) is 11.3 Å². The van der Waals surface area contributed by atoms with Gasteiger partial charge in [0.1, 0.15) is 5.01 Å². The number of rotatable bonds is 5. The Morgan fingerprint density at radius 1 is 1.47 bits per heavy atom. The van der Waals surface area contributed by atoms with Gasteiger partial charge in [0, 0.05) is 0 Å². The molecule has 0 bridgehead atoms. The second-order valence-corrected chi connectivity index (χ2v) is 5.82. The van der Waals surface area contributed by atoms with E-state index in [-0.39, 0.29) is 11.8 Å². The fourth-order valence-electron chi connectivity index (χ4n) is 1.79. The van der Waals surface area contributed by atoms with E-state index in [9.17, 15) is 4.79 Å². The van der Waals surface area contributed by atoms with Crippen molar-refractivity contribution in [2.24, 2.45) is 11.7 Å². The van der Waals surface area contributed by atoms with Crippen LogP contribution >= 0.6 is 11.3 Å². The van der Waals surface area contributed by atoms with E-state index in [2.05, 4.69) is 10.3 Å². The third kappa shape index (κ3) is 3.30. The van der Waals surface area contributed by atoms with Crippen LogP contribution in [-0.2, 0) is 11.3 Å². The van der Waals surface area contributed by atoms with Crippen LogP contribution in [0.4, 0.5) is 0 Å². The Hall–Kier alpha value is -1.46. The molecule has 1 amide bonds. The Bertz CT molecular complexity index is 534. The molecule has 0 aliphatic heterocycles. The zero-order chi connectivity index (χ0) is 13.8. The Morgan fingerprint density at radius 2 is 2.21 bits per heavy atom. The number of para-hydroxylation sites is 1. The molecule has 5 heteroatoms. The summed E-state index contributed by atoms with van der Waals surface area (Å²) in [7, 11) is 0. The first-order valence-electron chi connectivity index (χ1n) is 6.49. The summed E-state index contributed by atoms with van der Waals surface area (Å²) in [5.41, 5.74) is 6.86. The highest BCUT2D eigenvalue weighted by molar-refractivity contribution is 7.18. The molecule has 0 spiro atoms. The average molecular weight is 277 g/mol. The highest BCUT2D eigenvalue weighted by Crippen LogP contribution is 2.21. The fourth-order valence-corrected chi connectivity index (χ4v) is 2.70.